The van der Waals surface area contributed by atoms with Crippen LogP contribution in [0.1, 0.15) is 48.0 Å². The molecule has 0 aromatic rings. The summed E-state index contributed by atoms with van der Waals surface area (Å²) in [7, 11) is 2.10. The van der Waals surface area contributed by atoms with Crippen molar-refractivity contribution in [3.8, 4) is 0 Å². The third-order valence-corrected chi connectivity index (χ3v) is 3.41. The van der Waals surface area contributed by atoms with Gasteiger partial charge in [0.25, 0.3) is 0 Å². The van der Waals surface area contributed by atoms with Crippen molar-refractivity contribution < 1.29 is 9.53 Å². The monoisotopic (exact) mass is 270 g/mol. The van der Waals surface area contributed by atoms with Crippen molar-refractivity contribution >= 4 is 5.91 Å². The van der Waals surface area contributed by atoms with E-state index in [2.05, 4.69) is 38.0 Å². The SMILES string of the molecule is CN1C[C@H](NC(=O)C(C)(C)C)C[C@H]1COC(C)(C)C. The largest absolute Gasteiger partial charge is 0.374 e. The molecular weight excluding hydrogens is 240 g/mol. The summed E-state index contributed by atoms with van der Waals surface area (Å²) in [5.41, 5.74) is -0.424. The molecule has 1 N–H and O–H groups in total. The smallest absolute Gasteiger partial charge is 0.225 e. The van der Waals surface area contributed by atoms with Gasteiger partial charge in [-0.25, -0.2) is 0 Å². The fraction of sp³-hybridized carbons (Fsp3) is 0.933. The Hall–Kier alpha value is -0.610. The van der Waals surface area contributed by atoms with E-state index >= 15 is 0 Å². The van der Waals surface area contributed by atoms with Crippen molar-refractivity contribution in [2.75, 3.05) is 20.2 Å². The number of carbonyl (C=O) groups excluding carboxylic acids is 1. The molecule has 4 heteroatoms. The third kappa shape index (κ3) is 5.49. The van der Waals surface area contributed by atoms with E-state index < -0.39 is 0 Å². The molecule has 112 valence electrons. The Morgan fingerprint density at radius 2 is 1.84 bits per heavy atom. The van der Waals surface area contributed by atoms with Gasteiger partial charge in [0.15, 0.2) is 0 Å². The minimum atomic E-state index is -0.321. The number of nitrogens with one attached hydrogen (secondary N) is 1. The summed E-state index contributed by atoms with van der Waals surface area (Å²) in [5, 5.41) is 3.14. The second-order valence-electron chi connectivity index (χ2n) is 7.67. The highest BCUT2D eigenvalue weighted by Gasteiger charge is 2.33. The van der Waals surface area contributed by atoms with E-state index in [0.29, 0.717) is 6.04 Å². The van der Waals surface area contributed by atoms with Crippen LogP contribution in [0.3, 0.4) is 0 Å². The van der Waals surface area contributed by atoms with Crippen molar-refractivity contribution in [3.05, 3.63) is 0 Å². The van der Waals surface area contributed by atoms with Crippen LogP contribution >= 0.6 is 0 Å². The average molecular weight is 270 g/mol. The van der Waals surface area contributed by atoms with Crippen molar-refractivity contribution in [1.82, 2.24) is 10.2 Å². The number of likely N-dealkylation sites (N-methyl/N-ethyl adjacent to an activating group) is 1. The molecule has 0 radical (unpaired) electrons. The van der Waals surface area contributed by atoms with Crippen LogP contribution in [0, 0.1) is 5.41 Å². The zero-order valence-corrected chi connectivity index (χ0v) is 13.5. The molecule has 1 aliphatic rings. The maximum absolute atomic E-state index is 12.0. The van der Waals surface area contributed by atoms with E-state index in [9.17, 15) is 4.79 Å². The van der Waals surface area contributed by atoms with Crippen LogP contribution in [-0.2, 0) is 9.53 Å². The van der Waals surface area contributed by atoms with E-state index in [0.717, 1.165) is 19.6 Å². The van der Waals surface area contributed by atoms with E-state index in [1.165, 1.54) is 0 Å². The van der Waals surface area contributed by atoms with Gasteiger partial charge in [0.2, 0.25) is 5.91 Å². The number of hydrogen-bond donors (Lipinski definition) is 1. The van der Waals surface area contributed by atoms with Gasteiger partial charge in [-0.15, -0.1) is 0 Å². The highest BCUT2D eigenvalue weighted by atomic mass is 16.5. The molecule has 0 saturated carbocycles. The zero-order valence-electron chi connectivity index (χ0n) is 13.5. The Morgan fingerprint density at radius 3 is 2.32 bits per heavy atom. The minimum Gasteiger partial charge on any atom is -0.374 e. The van der Waals surface area contributed by atoms with Gasteiger partial charge in [-0.3, -0.25) is 9.69 Å². The Kier molecular flexibility index (Phi) is 5.02. The summed E-state index contributed by atoms with van der Waals surface area (Å²) in [6.45, 7) is 13.7. The summed E-state index contributed by atoms with van der Waals surface area (Å²) in [6, 6.07) is 0.634. The number of hydrogen-bond acceptors (Lipinski definition) is 3. The molecule has 0 spiro atoms. The van der Waals surface area contributed by atoms with Crippen molar-refractivity contribution in [2.45, 2.75) is 65.6 Å². The maximum atomic E-state index is 12.0. The first-order valence-electron chi connectivity index (χ1n) is 7.14. The standard InChI is InChI=1S/C15H30N2O2/c1-14(2,3)13(18)16-11-8-12(17(7)9-11)10-19-15(4,5)6/h11-12H,8-10H2,1-7H3,(H,16,18)/t11-,12+/m1/s1. The summed E-state index contributed by atoms with van der Waals surface area (Å²) >= 11 is 0. The van der Waals surface area contributed by atoms with Gasteiger partial charge in [0, 0.05) is 24.0 Å². The molecule has 1 rings (SSSR count). The molecular formula is C15H30N2O2. The fourth-order valence-corrected chi connectivity index (χ4v) is 2.13. The van der Waals surface area contributed by atoms with Gasteiger partial charge < -0.3 is 10.1 Å². The average Bonchev–Trinajstić information content (AvgIpc) is 2.53. The fourth-order valence-electron chi connectivity index (χ4n) is 2.13. The Labute approximate surface area is 117 Å². The first-order chi connectivity index (χ1) is 8.49. The van der Waals surface area contributed by atoms with E-state index in [-0.39, 0.29) is 23.0 Å². The lowest BCUT2D eigenvalue weighted by Crippen LogP contribution is -2.42. The summed E-state index contributed by atoms with van der Waals surface area (Å²) in [5.74, 6) is 0.128. The molecule has 0 bridgehead atoms. The lowest BCUT2D eigenvalue weighted by atomic mass is 9.95. The summed E-state index contributed by atoms with van der Waals surface area (Å²) in [6.07, 6.45) is 0.967. The number of ether oxygens (including phenoxy) is 1. The number of rotatable bonds is 3. The van der Waals surface area contributed by atoms with Crippen LogP contribution in [-0.4, -0.2) is 48.7 Å². The third-order valence-electron chi connectivity index (χ3n) is 3.41. The van der Waals surface area contributed by atoms with Gasteiger partial charge >= 0.3 is 0 Å². The van der Waals surface area contributed by atoms with Crippen molar-refractivity contribution in [2.24, 2.45) is 5.41 Å². The first-order valence-corrected chi connectivity index (χ1v) is 7.14. The van der Waals surface area contributed by atoms with E-state index in [1.807, 2.05) is 20.8 Å². The molecule has 0 aliphatic carbocycles. The van der Waals surface area contributed by atoms with Gasteiger partial charge in [0.05, 0.1) is 12.2 Å². The quantitative estimate of drug-likeness (QED) is 0.853. The molecule has 0 aromatic carbocycles. The number of amides is 1. The second-order valence-corrected chi connectivity index (χ2v) is 7.67. The lowest BCUT2D eigenvalue weighted by molar-refractivity contribution is -0.129. The summed E-state index contributed by atoms with van der Waals surface area (Å²) < 4.78 is 5.85. The van der Waals surface area contributed by atoms with Gasteiger partial charge in [-0.2, -0.15) is 0 Å². The molecule has 2 atom stereocenters. The molecule has 0 aromatic heterocycles. The van der Waals surface area contributed by atoms with Crippen LogP contribution in [0.4, 0.5) is 0 Å². The van der Waals surface area contributed by atoms with Crippen molar-refractivity contribution in [1.29, 1.82) is 0 Å². The van der Waals surface area contributed by atoms with E-state index in [4.69, 9.17) is 4.74 Å². The predicted octanol–water partition coefficient (Wildman–Crippen LogP) is 2.04. The van der Waals surface area contributed by atoms with Gasteiger partial charge in [-0.1, -0.05) is 20.8 Å². The number of carbonyl (C=O) groups is 1. The highest BCUT2D eigenvalue weighted by Crippen LogP contribution is 2.20. The normalized spacial score (nSPS) is 25.6. The summed E-state index contributed by atoms with van der Waals surface area (Å²) in [4.78, 5) is 14.3. The molecule has 1 aliphatic heterocycles. The van der Waals surface area contributed by atoms with Crippen LogP contribution in [0.5, 0.6) is 0 Å². The molecule has 1 saturated heterocycles. The molecule has 1 heterocycles. The van der Waals surface area contributed by atoms with Gasteiger partial charge in [-0.05, 0) is 34.2 Å². The minimum absolute atomic E-state index is 0.104. The van der Waals surface area contributed by atoms with Gasteiger partial charge in [0.1, 0.15) is 0 Å². The Balaban J connectivity index is 2.44. The van der Waals surface area contributed by atoms with Crippen molar-refractivity contribution in [3.63, 3.8) is 0 Å². The van der Waals surface area contributed by atoms with E-state index in [1.54, 1.807) is 0 Å². The molecule has 4 nitrogen and oxygen atoms in total. The maximum Gasteiger partial charge on any atom is 0.225 e. The number of likely N-dealkylation sites (tertiary alicyclic amines) is 1. The highest BCUT2D eigenvalue weighted by molar-refractivity contribution is 5.81. The molecule has 1 fully saturated rings. The Morgan fingerprint density at radius 1 is 1.26 bits per heavy atom. The second kappa shape index (κ2) is 5.80. The Bertz CT molecular complexity index is 315. The predicted molar refractivity (Wildman–Crippen MR) is 78.1 cm³/mol. The van der Waals surface area contributed by atoms with Crippen LogP contribution in [0.15, 0.2) is 0 Å². The van der Waals surface area contributed by atoms with Crippen LogP contribution in [0.25, 0.3) is 0 Å². The molecule has 19 heavy (non-hydrogen) atoms. The first kappa shape index (κ1) is 16.4. The number of nitrogens with zero attached hydrogens (tertiary/aromatic N) is 1. The van der Waals surface area contributed by atoms with Crippen LogP contribution < -0.4 is 5.32 Å². The molecule has 1 amide bonds. The lowest BCUT2D eigenvalue weighted by Gasteiger charge is -2.25. The zero-order chi connectivity index (χ0) is 14.8. The van der Waals surface area contributed by atoms with Crippen LogP contribution in [0.2, 0.25) is 0 Å². The topological polar surface area (TPSA) is 41.6 Å². The molecule has 0 unspecified atom stereocenters.